The van der Waals surface area contributed by atoms with Gasteiger partial charge in [-0.3, -0.25) is 0 Å². The van der Waals surface area contributed by atoms with Gasteiger partial charge in [0.2, 0.25) is 0 Å². The van der Waals surface area contributed by atoms with Gasteiger partial charge >= 0.3 is 0 Å². The molecule has 0 unspecified atom stereocenters. The van der Waals surface area contributed by atoms with Crippen LogP contribution in [0.25, 0.3) is 0 Å². The first-order chi connectivity index (χ1) is 6.88. The van der Waals surface area contributed by atoms with Crippen molar-refractivity contribution in [1.29, 1.82) is 0 Å². The van der Waals surface area contributed by atoms with Gasteiger partial charge in [-0.25, -0.2) is 4.98 Å². The summed E-state index contributed by atoms with van der Waals surface area (Å²) in [6.45, 7) is 1.58. The second-order valence-electron chi connectivity index (χ2n) is 3.17. The molecule has 0 radical (unpaired) electrons. The first-order valence-electron chi connectivity index (χ1n) is 4.63. The molecule has 0 N–H and O–H groups in total. The van der Waals surface area contributed by atoms with Crippen molar-refractivity contribution in [2.24, 2.45) is 0 Å². The number of aromatic nitrogens is 1. The van der Waals surface area contributed by atoms with Crippen LogP contribution in [0, 0.1) is 0 Å². The van der Waals surface area contributed by atoms with Gasteiger partial charge in [-0.1, -0.05) is 11.3 Å². The van der Waals surface area contributed by atoms with E-state index in [1.165, 1.54) is 11.3 Å². The van der Waals surface area contributed by atoms with Gasteiger partial charge in [0.05, 0.1) is 24.8 Å². The number of hydrogen-bond acceptors (Lipinski definition) is 4. The van der Waals surface area contributed by atoms with Crippen LogP contribution in [-0.4, -0.2) is 24.3 Å². The third-order valence-corrected chi connectivity index (χ3v) is 3.16. The molecule has 0 spiro atoms. The number of ether oxygens (including phenoxy) is 2. The van der Waals surface area contributed by atoms with Gasteiger partial charge in [-0.2, -0.15) is 0 Å². The third kappa shape index (κ3) is 2.59. The smallest absolute Gasteiger partial charge is 0.273 e. The van der Waals surface area contributed by atoms with E-state index in [-0.39, 0.29) is 6.10 Å². The number of nitrogens with zero attached hydrogens (tertiary/aromatic N) is 1. The Kier molecular flexibility index (Phi) is 3.61. The molecule has 0 aliphatic carbocycles. The first kappa shape index (κ1) is 10.2. The zero-order valence-electron chi connectivity index (χ0n) is 7.74. The molecule has 0 aromatic carbocycles. The van der Waals surface area contributed by atoms with Crippen LogP contribution in [-0.2, 0) is 10.6 Å². The van der Waals surface area contributed by atoms with Crippen molar-refractivity contribution in [2.75, 3.05) is 13.2 Å². The van der Waals surface area contributed by atoms with Crippen molar-refractivity contribution in [1.82, 2.24) is 4.98 Å². The Balaban J connectivity index is 1.89. The van der Waals surface area contributed by atoms with Crippen LogP contribution in [0.2, 0.25) is 0 Å². The maximum atomic E-state index is 5.71. The van der Waals surface area contributed by atoms with Gasteiger partial charge in [0.1, 0.15) is 6.10 Å². The molecule has 0 saturated carbocycles. The highest BCUT2D eigenvalue weighted by Crippen LogP contribution is 2.23. The number of halogens is 1. The van der Waals surface area contributed by atoms with Crippen molar-refractivity contribution in [3.8, 4) is 5.19 Å². The van der Waals surface area contributed by atoms with E-state index >= 15 is 0 Å². The second-order valence-corrected chi connectivity index (χ2v) is 4.26. The minimum atomic E-state index is 0.262. The van der Waals surface area contributed by atoms with Crippen molar-refractivity contribution in [3.05, 3.63) is 11.1 Å². The molecule has 14 heavy (non-hydrogen) atoms. The molecule has 1 fully saturated rings. The molecule has 2 rings (SSSR count). The summed E-state index contributed by atoms with van der Waals surface area (Å²) in [5.41, 5.74) is 0.888. The Labute approximate surface area is 92.0 Å². The summed E-state index contributed by atoms with van der Waals surface area (Å²) < 4.78 is 11.0. The van der Waals surface area contributed by atoms with Crippen molar-refractivity contribution in [2.45, 2.75) is 24.8 Å². The fourth-order valence-electron chi connectivity index (χ4n) is 1.34. The predicted octanol–water partition coefficient (Wildman–Crippen LogP) is 2.44. The summed E-state index contributed by atoms with van der Waals surface area (Å²) in [5, 5.41) is 2.66. The lowest BCUT2D eigenvalue weighted by Crippen LogP contribution is -2.25. The minimum absolute atomic E-state index is 0.262. The van der Waals surface area contributed by atoms with E-state index in [1.54, 1.807) is 0 Å². The molecule has 1 aromatic heterocycles. The summed E-state index contributed by atoms with van der Waals surface area (Å²) >= 11 is 7.16. The van der Waals surface area contributed by atoms with Crippen LogP contribution in [0.15, 0.2) is 5.38 Å². The van der Waals surface area contributed by atoms with Gasteiger partial charge in [0, 0.05) is 18.2 Å². The van der Waals surface area contributed by atoms with E-state index in [2.05, 4.69) is 4.98 Å². The molecule has 5 heteroatoms. The Hall–Kier alpha value is -0.320. The van der Waals surface area contributed by atoms with Crippen LogP contribution in [0.1, 0.15) is 18.5 Å². The van der Waals surface area contributed by atoms with E-state index in [9.17, 15) is 0 Å². The van der Waals surface area contributed by atoms with Crippen molar-refractivity contribution >= 4 is 22.9 Å². The van der Waals surface area contributed by atoms with Gasteiger partial charge in [0.25, 0.3) is 5.19 Å². The van der Waals surface area contributed by atoms with E-state index in [0.29, 0.717) is 5.88 Å². The van der Waals surface area contributed by atoms with Crippen LogP contribution in [0.5, 0.6) is 5.19 Å². The number of rotatable bonds is 3. The van der Waals surface area contributed by atoms with E-state index in [1.807, 2.05) is 5.38 Å². The lowest BCUT2D eigenvalue weighted by atomic mass is 10.2. The number of hydrogen-bond donors (Lipinski definition) is 0. The van der Waals surface area contributed by atoms with Crippen LogP contribution >= 0.6 is 22.9 Å². The maximum Gasteiger partial charge on any atom is 0.273 e. The molecule has 1 aromatic rings. The van der Waals surface area contributed by atoms with Crippen LogP contribution < -0.4 is 4.74 Å². The molecular weight excluding hydrogens is 222 g/mol. The average Bonchev–Trinajstić information content (AvgIpc) is 2.67. The first-order valence-corrected chi connectivity index (χ1v) is 6.04. The van der Waals surface area contributed by atoms with Gasteiger partial charge < -0.3 is 9.47 Å². The lowest BCUT2D eigenvalue weighted by Gasteiger charge is -2.21. The van der Waals surface area contributed by atoms with Gasteiger partial charge in [-0.15, -0.1) is 11.6 Å². The quantitative estimate of drug-likeness (QED) is 0.752. The topological polar surface area (TPSA) is 31.4 Å². The predicted molar refractivity (Wildman–Crippen MR) is 56.1 cm³/mol. The molecule has 3 nitrogen and oxygen atoms in total. The highest BCUT2D eigenvalue weighted by molar-refractivity contribution is 7.11. The zero-order valence-corrected chi connectivity index (χ0v) is 9.31. The molecule has 0 amide bonds. The summed E-state index contributed by atoms with van der Waals surface area (Å²) in [4.78, 5) is 4.25. The Bertz CT molecular complexity index is 286. The molecule has 0 atom stereocenters. The maximum absolute atomic E-state index is 5.71. The highest BCUT2D eigenvalue weighted by atomic mass is 35.5. The average molecular weight is 234 g/mol. The molecule has 1 saturated heterocycles. The minimum Gasteiger partial charge on any atom is -0.467 e. The SMILES string of the molecule is ClCc1csc(OC2CCOCC2)n1. The van der Waals surface area contributed by atoms with Crippen LogP contribution in [0.3, 0.4) is 0 Å². The highest BCUT2D eigenvalue weighted by Gasteiger charge is 2.16. The summed E-state index contributed by atoms with van der Waals surface area (Å²) in [6, 6.07) is 0. The normalized spacial score (nSPS) is 18.4. The molecule has 2 heterocycles. The van der Waals surface area contributed by atoms with E-state index in [4.69, 9.17) is 21.1 Å². The van der Waals surface area contributed by atoms with Crippen molar-refractivity contribution in [3.63, 3.8) is 0 Å². The zero-order chi connectivity index (χ0) is 9.80. The van der Waals surface area contributed by atoms with E-state index < -0.39 is 0 Å². The van der Waals surface area contributed by atoms with Crippen molar-refractivity contribution < 1.29 is 9.47 Å². The number of thiazole rings is 1. The summed E-state index contributed by atoms with van der Waals surface area (Å²) in [6.07, 6.45) is 2.17. The largest absolute Gasteiger partial charge is 0.467 e. The Morgan fingerprint density at radius 2 is 2.36 bits per heavy atom. The fraction of sp³-hybridized carbons (Fsp3) is 0.667. The molecule has 1 aliphatic rings. The standard InChI is InChI=1S/C9H12ClNO2S/c10-5-7-6-14-9(11-7)13-8-1-3-12-4-2-8/h6,8H,1-5H2. The second kappa shape index (κ2) is 4.96. The third-order valence-electron chi connectivity index (χ3n) is 2.10. The molecule has 1 aliphatic heterocycles. The van der Waals surface area contributed by atoms with Gasteiger partial charge in [-0.05, 0) is 0 Å². The van der Waals surface area contributed by atoms with Crippen LogP contribution in [0.4, 0.5) is 0 Å². The Morgan fingerprint density at radius 3 is 3.00 bits per heavy atom. The monoisotopic (exact) mass is 233 g/mol. The molecule has 78 valence electrons. The number of alkyl halides is 1. The molecule has 0 bridgehead atoms. The van der Waals surface area contributed by atoms with E-state index in [0.717, 1.165) is 36.9 Å². The Morgan fingerprint density at radius 1 is 1.57 bits per heavy atom. The molecular formula is C9H12ClNO2S. The lowest BCUT2D eigenvalue weighted by molar-refractivity contribution is 0.0254. The summed E-state index contributed by atoms with van der Waals surface area (Å²) in [7, 11) is 0. The summed E-state index contributed by atoms with van der Waals surface area (Å²) in [5.74, 6) is 0.452. The van der Waals surface area contributed by atoms with Gasteiger partial charge in [0.15, 0.2) is 0 Å². The fourth-order valence-corrected chi connectivity index (χ4v) is 2.30.